The maximum absolute atomic E-state index is 12.0. The summed E-state index contributed by atoms with van der Waals surface area (Å²) >= 11 is 0. The van der Waals surface area contributed by atoms with Crippen LogP contribution in [0.5, 0.6) is 5.75 Å². The average Bonchev–Trinajstić information content (AvgIpc) is 3.11. The van der Waals surface area contributed by atoms with Crippen molar-refractivity contribution in [1.29, 1.82) is 0 Å². The van der Waals surface area contributed by atoms with Gasteiger partial charge in [0.15, 0.2) is 0 Å². The molecule has 1 heterocycles. The lowest BCUT2D eigenvalue weighted by atomic mass is 9.97. The van der Waals surface area contributed by atoms with E-state index in [1.54, 1.807) is 7.11 Å². The van der Waals surface area contributed by atoms with Crippen molar-refractivity contribution in [1.82, 2.24) is 15.5 Å². The predicted molar refractivity (Wildman–Crippen MR) is 94.2 cm³/mol. The Morgan fingerprint density at radius 1 is 1.28 bits per heavy atom. The van der Waals surface area contributed by atoms with Gasteiger partial charge in [0, 0.05) is 12.1 Å². The summed E-state index contributed by atoms with van der Waals surface area (Å²) in [6, 6.07) is 7.37. The lowest BCUT2D eigenvalue weighted by Crippen LogP contribution is -2.26. The fourth-order valence-electron chi connectivity index (χ4n) is 2.88. The zero-order chi connectivity index (χ0) is 17.5. The first-order valence-electron chi connectivity index (χ1n) is 8.66. The highest BCUT2D eigenvalue weighted by atomic mass is 16.5. The molecule has 0 aliphatic heterocycles. The molecule has 1 amide bonds. The van der Waals surface area contributed by atoms with Crippen molar-refractivity contribution in [3.63, 3.8) is 0 Å². The van der Waals surface area contributed by atoms with Crippen LogP contribution in [-0.2, 0) is 11.2 Å². The van der Waals surface area contributed by atoms with Crippen LogP contribution in [0.2, 0.25) is 0 Å². The molecule has 1 aromatic heterocycles. The first-order valence-corrected chi connectivity index (χ1v) is 8.66. The third-order valence-electron chi connectivity index (χ3n) is 4.28. The SMILES string of the molecule is COc1ccc(-c2noc(CC(=O)NCCC3=CCCCC3)n2)cc1. The third-order valence-corrected chi connectivity index (χ3v) is 4.28. The summed E-state index contributed by atoms with van der Waals surface area (Å²) in [4.78, 5) is 16.3. The number of carbonyl (C=O) groups is 1. The van der Waals surface area contributed by atoms with E-state index in [4.69, 9.17) is 9.26 Å². The molecular weight excluding hydrogens is 318 g/mol. The molecule has 1 N–H and O–H groups in total. The number of hydrogen-bond acceptors (Lipinski definition) is 5. The predicted octanol–water partition coefficient (Wildman–Crippen LogP) is 3.29. The number of aromatic nitrogens is 2. The first-order chi connectivity index (χ1) is 12.2. The van der Waals surface area contributed by atoms with Crippen LogP contribution in [0.4, 0.5) is 0 Å². The molecule has 25 heavy (non-hydrogen) atoms. The molecule has 0 bridgehead atoms. The Labute approximate surface area is 147 Å². The van der Waals surface area contributed by atoms with Gasteiger partial charge in [-0.3, -0.25) is 4.79 Å². The fraction of sp³-hybridized carbons (Fsp3) is 0.421. The van der Waals surface area contributed by atoms with Crippen LogP contribution < -0.4 is 10.1 Å². The molecule has 0 unspecified atom stereocenters. The Balaban J connectivity index is 1.48. The van der Waals surface area contributed by atoms with Crippen LogP contribution in [0.3, 0.4) is 0 Å². The van der Waals surface area contributed by atoms with Crippen molar-refractivity contribution in [2.24, 2.45) is 0 Å². The van der Waals surface area contributed by atoms with E-state index >= 15 is 0 Å². The zero-order valence-electron chi connectivity index (χ0n) is 14.5. The van der Waals surface area contributed by atoms with Gasteiger partial charge in [0.1, 0.15) is 12.2 Å². The molecule has 132 valence electrons. The molecule has 6 heteroatoms. The summed E-state index contributed by atoms with van der Waals surface area (Å²) < 4.78 is 10.3. The molecule has 1 aromatic carbocycles. The Morgan fingerprint density at radius 2 is 2.12 bits per heavy atom. The average molecular weight is 341 g/mol. The van der Waals surface area contributed by atoms with Crippen molar-refractivity contribution in [2.75, 3.05) is 13.7 Å². The quantitative estimate of drug-likeness (QED) is 0.782. The summed E-state index contributed by atoms with van der Waals surface area (Å²) in [5, 5.41) is 6.85. The van der Waals surface area contributed by atoms with Crippen molar-refractivity contribution in [3.05, 3.63) is 41.8 Å². The molecule has 0 radical (unpaired) electrons. The Kier molecular flexibility index (Phi) is 5.82. The van der Waals surface area contributed by atoms with E-state index in [-0.39, 0.29) is 12.3 Å². The molecule has 6 nitrogen and oxygen atoms in total. The van der Waals surface area contributed by atoms with E-state index in [2.05, 4.69) is 21.5 Å². The monoisotopic (exact) mass is 341 g/mol. The molecule has 0 saturated carbocycles. The van der Waals surface area contributed by atoms with Gasteiger partial charge in [-0.25, -0.2) is 0 Å². The molecule has 2 aromatic rings. The van der Waals surface area contributed by atoms with Gasteiger partial charge in [0.2, 0.25) is 17.6 Å². The lowest BCUT2D eigenvalue weighted by Gasteiger charge is -2.12. The third kappa shape index (κ3) is 4.92. The molecule has 0 fully saturated rings. The van der Waals surface area contributed by atoms with Gasteiger partial charge in [0.05, 0.1) is 7.11 Å². The highest BCUT2D eigenvalue weighted by molar-refractivity contribution is 5.77. The maximum Gasteiger partial charge on any atom is 0.236 e. The number of ether oxygens (including phenoxy) is 1. The van der Waals surface area contributed by atoms with Gasteiger partial charge in [-0.1, -0.05) is 16.8 Å². The number of allylic oxidation sites excluding steroid dienone is 1. The van der Waals surface area contributed by atoms with Gasteiger partial charge in [-0.2, -0.15) is 4.98 Å². The van der Waals surface area contributed by atoms with Crippen LogP contribution >= 0.6 is 0 Å². The van der Waals surface area contributed by atoms with E-state index in [1.807, 2.05) is 24.3 Å². The molecular formula is C19H23N3O3. The van der Waals surface area contributed by atoms with Crippen LogP contribution in [0.25, 0.3) is 11.4 Å². The van der Waals surface area contributed by atoms with Crippen molar-refractivity contribution >= 4 is 5.91 Å². The second kappa shape index (κ2) is 8.46. The minimum Gasteiger partial charge on any atom is -0.497 e. The van der Waals surface area contributed by atoms with E-state index in [0.29, 0.717) is 18.3 Å². The van der Waals surface area contributed by atoms with E-state index in [9.17, 15) is 4.79 Å². The summed E-state index contributed by atoms with van der Waals surface area (Å²) in [6.07, 6.45) is 8.19. The Hall–Kier alpha value is -2.63. The Morgan fingerprint density at radius 3 is 2.84 bits per heavy atom. The second-order valence-corrected chi connectivity index (χ2v) is 6.13. The molecule has 0 atom stereocenters. The fourth-order valence-corrected chi connectivity index (χ4v) is 2.88. The number of benzene rings is 1. The van der Waals surface area contributed by atoms with E-state index in [0.717, 1.165) is 24.2 Å². The normalized spacial score (nSPS) is 14.0. The number of nitrogens with one attached hydrogen (secondary N) is 1. The zero-order valence-corrected chi connectivity index (χ0v) is 14.5. The summed E-state index contributed by atoms with van der Waals surface area (Å²) in [7, 11) is 1.62. The van der Waals surface area contributed by atoms with Gasteiger partial charge < -0.3 is 14.6 Å². The minimum atomic E-state index is -0.0960. The number of carbonyl (C=O) groups excluding carboxylic acids is 1. The molecule has 0 saturated heterocycles. The standard InChI is InChI=1S/C19H23N3O3/c1-24-16-9-7-15(8-10-16)19-21-18(25-22-19)13-17(23)20-12-11-14-5-3-2-4-6-14/h5,7-10H,2-4,6,11-13H2,1H3,(H,20,23). The van der Waals surface area contributed by atoms with E-state index in [1.165, 1.54) is 24.8 Å². The summed E-state index contributed by atoms with van der Waals surface area (Å²) in [6.45, 7) is 0.657. The largest absolute Gasteiger partial charge is 0.497 e. The van der Waals surface area contributed by atoms with Crippen LogP contribution in [0, 0.1) is 0 Å². The van der Waals surface area contributed by atoms with E-state index < -0.39 is 0 Å². The van der Waals surface area contributed by atoms with Crippen molar-refractivity contribution in [3.8, 4) is 17.1 Å². The number of nitrogens with zero attached hydrogens (tertiary/aromatic N) is 2. The van der Waals surface area contributed by atoms with Crippen LogP contribution in [0.15, 0.2) is 40.4 Å². The lowest BCUT2D eigenvalue weighted by molar-refractivity contribution is -0.120. The molecule has 0 spiro atoms. The highest BCUT2D eigenvalue weighted by Gasteiger charge is 2.13. The number of methoxy groups -OCH3 is 1. The molecule has 3 rings (SSSR count). The number of hydrogen-bond donors (Lipinski definition) is 1. The van der Waals surface area contributed by atoms with Crippen molar-refractivity contribution in [2.45, 2.75) is 38.5 Å². The second-order valence-electron chi connectivity index (χ2n) is 6.13. The maximum atomic E-state index is 12.0. The van der Waals surface area contributed by atoms with Crippen molar-refractivity contribution < 1.29 is 14.1 Å². The molecule has 1 aliphatic rings. The van der Waals surface area contributed by atoms with Gasteiger partial charge >= 0.3 is 0 Å². The minimum absolute atomic E-state index is 0.0960. The molecule has 1 aliphatic carbocycles. The van der Waals surface area contributed by atoms with Crippen LogP contribution in [0.1, 0.15) is 38.0 Å². The van der Waals surface area contributed by atoms with Gasteiger partial charge in [-0.05, 0) is 56.4 Å². The highest BCUT2D eigenvalue weighted by Crippen LogP contribution is 2.20. The number of amides is 1. The summed E-state index contributed by atoms with van der Waals surface area (Å²) in [5.41, 5.74) is 2.27. The van der Waals surface area contributed by atoms with Gasteiger partial charge in [-0.15, -0.1) is 0 Å². The smallest absolute Gasteiger partial charge is 0.236 e. The van der Waals surface area contributed by atoms with Crippen LogP contribution in [-0.4, -0.2) is 29.7 Å². The summed E-state index contributed by atoms with van der Waals surface area (Å²) in [5.74, 6) is 1.46. The van der Waals surface area contributed by atoms with Gasteiger partial charge in [0.25, 0.3) is 0 Å². The Bertz CT molecular complexity index is 735. The topological polar surface area (TPSA) is 77.2 Å². The first kappa shape index (κ1) is 17.2. The number of rotatable bonds is 7.